The van der Waals surface area contributed by atoms with Crippen LogP contribution in [0.2, 0.25) is 0 Å². The topological polar surface area (TPSA) is 23.5 Å². The SMILES string of the molecule is CCN1CCc2ccc(O)cc21.Cl. The van der Waals surface area contributed by atoms with Crippen LogP contribution in [0.1, 0.15) is 12.5 Å². The quantitative estimate of drug-likeness (QED) is 0.750. The fraction of sp³-hybridized carbons (Fsp3) is 0.400. The molecule has 0 saturated heterocycles. The van der Waals surface area contributed by atoms with E-state index in [-0.39, 0.29) is 12.4 Å². The molecule has 0 unspecified atom stereocenters. The maximum atomic E-state index is 9.28. The van der Waals surface area contributed by atoms with E-state index in [1.807, 2.05) is 12.1 Å². The molecule has 3 heteroatoms. The van der Waals surface area contributed by atoms with Gasteiger partial charge in [-0.15, -0.1) is 12.4 Å². The van der Waals surface area contributed by atoms with Gasteiger partial charge in [-0.25, -0.2) is 0 Å². The molecule has 0 spiro atoms. The molecule has 2 rings (SSSR count). The van der Waals surface area contributed by atoms with Gasteiger partial charge in [0.05, 0.1) is 0 Å². The van der Waals surface area contributed by atoms with Crippen LogP contribution >= 0.6 is 12.4 Å². The Labute approximate surface area is 84.6 Å². The van der Waals surface area contributed by atoms with Gasteiger partial charge in [0.2, 0.25) is 0 Å². The number of phenols is 1. The third kappa shape index (κ3) is 1.73. The van der Waals surface area contributed by atoms with Crippen LogP contribution < -0.4 is 4.90 Å². The van der Waals surface area contributed by atoms with Crippen molar-refractivity contribution in [1.29, 1.82) is 0 Å². The number of hydrogen-bond donors (Lipinski definition) is 1. The maximum Gasteiger partial charge on any atom is 0.117 e. The summed E-state index contributed by atoms with van der Waals surface area (Å²) in [7, 11) is 0. The van der Waals surface area contributed by atoms with Gasteiger partial charge in [-0.05, 0) is 25.0 Å². The van der Waals surface area contributed by atoms with Crippen LogP contribution in [-0.4, -0.2) is 18.2 Å². The number of aromatic hydroxyl groups is 1. The van der Waals surface area contributed by atoms with Gasteiger partial charge in [-0.3, -0.25) is 0 Å². The molecule has 0 aromatic heterocycles. The molecule has 1 N–H and O–H groups in total. The van der Waals surface area contributed by atoms with E-state index in [9.17, 15) is 5.11 Å². The molecule has 0 fully saturated rings. The monoisotopic (exact) mass is 199 g/mol. The Morgan fingerprint density at radius 1 is 1.46 bits per heavy atom. The molecule has 0 radical (unpaired) electrons. The third-order valence-electron chi connectivity index (χ3n) is 2.44. The van der Waals surface area contributed by atoms with E-state index in [0.717, 1.165) is 19.5 Å². The van der Waals surface area contributed by atoms with Gasteiger partial charge in [0.25, 0.3) is 0 Å². The highest BCUT2D eigenvalue weighted by molar-refractivity contribution is 5.85. The molecule has 1 heterocycles. The van der Waals surface area contributed by atoms with Crippen LogP contribution in [-0.2, 0) is 6.42 Å². The largest absolute Gasteiger partial charge is 0.508 e. The molecular weight excluding hydrogens is 186 g/mol. The van der Waals surface area contributed by atoms with Crippen LogP contribution in [0, 0.1) is 0 Å². The van der Waals surface area contributed by atoms with E-state index in [0.29, 0.717) is 5.75 Å². The summed E-state index contributed by atoms with van der Waals surface area (Å²) in [5.41, 5.74) is 2.56. The van der Waals surface area contributed by atoms with E-state index >= 15 is 0 Å². The van der Waals surface area contributed by atoms with Gasteiger partial charge in [0.1, 0.15) is 5.75 Å². The predicted octanol–water partition coefficient (Wildman–Crippen LogP) is 2.20. The second kappa shape index (κ2) is 3.88. The lowest BCUT2D eigenvalue weighted by molar-refractivity contribution is 0.475. The molecular formula is C10H14ClNO. The number of hydrogen-bond acceptors (Lipinski definition) is 2. The smallest absolute Gasteiger partial charge is 0.117 e. The number of fused-ring (bicyclic) bond motifs is 1. The molecule has 13 heavy (non-hydrogen) atoms. The zero-order chi connectivity index (χ0) is 8.55. The number of halogens is 1. The average Bonchev–Trinajstić information content (AvgIpc) is 2.46. The standard InChI is InChI=1S/C10H13NO.ClH/c1-2-11-6-5-8-3-4-9(12)7-10(8)11;/h3-4,7,12H,2,5-6H2,1H3;1H. The van der Waals surface area contributed by atoms with Crippen molar-refractivity contribution in [1.82, 2.24) is 0 Å². The molecule has 1 aliphatic heterocycles. The molecule has 0 bridgehead atoms. The Morgan fingerprint density at radius 2 is 2.23 bits per heavy atom. The van der Waals surface area contributed by atoms with Gasteiger partial charge >= 0.3 is 0 Å². The predicted molar refractivity (Wildman–Crippen MR) is 56.9 cm³/mol. The first-order valence-corrected chi connectivity index (χ1v) is 4.38. The van der Waals surface area contributed by atoms with Gasteiger partial charge < -0.3 is 10.0 Å². The molecule has 72 valence electrons. The van der Waals surface area contributed by atoms with Crippen molar-refractivity contribution in [3.63, 3.8) is 0 Å². The second-order valence-electron chi connectivity index (χ2n) is 3.14. The third-order valence-corrected chi connectivity index (χ3v) is 2.44. The Hall–Kier alpha value is -0.890. The lowest BCUT2D eigenvalue weighted by Gasteiger charge is -2.16. The van der Waals surface area contributed by atoms with Crippen molar-refractivity contribution >= 4 is 18.1 Å². The van der Waals surface area contributed by atoms with Crippen molar-refractivity contribution in [2.45, 2.75) is 13.3 Å². The molecule has 1 aliphatic rings. The Bertz CT molecular complexity index is 301. The highest BCUT2D eigenvalue weighted by Crippen LogP contribution is 2.30. The number of phenolic OH excluding ortho intramolecular Hbond substituents is 1. The molecule has 1 aromatic rings. The first kappa shape index (κ1) is 10.2. The van der Waals surface area contributed by atoms with Crippen LogP contribution in [0.4, 0.5) is 5.69 Å². The van der Waals surface area contributed by atoms with Crippen LogP contribution in [0.15, 0.2) is 18.2 Å². The fourth-order valence-corrected chi connectivity index (χ4v) is 1.76. The van der Waals surface area contributed by atoms with Gasteiger partial charge in [-0.1, -0.05) is 6.07 Å². The van der Waals surface area contributed by atoms with Crippen molar-refractivity contribution in [2.75, 3.05) is 18.0 Å². The van der Waals surface area contributed by atoms with Crippen LogP contribution in [0.5, 0.6) is 5.75 Å². The lowest BCUT2D eigenvalue weighted by atomic mass is 10.1. The zero-order valence-electron chi connectivity index (χ0n) is 7.66. The minimum atomic E-state index is 0. The number of anilines is 1. The molecule has 0 saturated carbocycles. The number of likely N-dealkylation sites (N-methyl/N-ethyl adjacent to an activating group) is 1. The van der Waals surface area contributed by atoms with Gasteiger partial charge in [0.15, 0.2) is 0 Å². The minimum absolute atomic E-state index is 0. The highest BCUT2D eigenvalue weighted by Gasteiger charge is 2.17. The Balaban J connectivity index is 0.000000845. The summed E-state index contributed by atoms with van der Waals surface area (Å²) in [4.78, 5) is 2.29. The van der Waals surface area contributed by atoms with E-state index in [4.69, 9.17) is 0 Å². The summed E-state index contributed by atoms with van der Waals surface area (Å²) >= 11 is 0. The van der Waals surface area contributed by atoms with Gasteiger partial charge in [-0.2, -0.15) is 0 Å². The summed E-state index contributed by atoms with van der Waals surface area (Å²) in [5.74, 6) is 0.370. The lowest BCUT2D eigenvalue weighted by Crippen LogP contribution is -2.18. The van der Waals surface area contributed by atoms with Crippen LogP contribution in [0.3, 0.4) is 0 Å². The summed E-state index contributed by atoms with van der Waals surface area (Å²) < 4.78 is 0. The molecule has 0 aliphatic carbocycles. The Morgan fingerprint density at radius 3 is 2.92 bits per heavy atom. The zero-order valence-corrected chi connectivity index (χ0v) is 8.47. The van der Waals surface area contributed by atoms with Gasteiger partial charge in [0, 0.05) is 24.8 Å². The van der Waals surface area contributed by atoms with Crippen molar-refractivity contribution < 1.29 is 5.11 Å². The normalized spacial score (nSPS) is 13.8. The highest BCUT2D eigenvalue weighted by atomic mass is 35.5. The summed E-state index contributed by atoms with van der Waals surface area (Å²) in [6, 6.07) is 5.63. The van der Waals surface area contributed by atoms with Crippen molar-refractivity contribution in [3.05, 3.63) is 23.8 Å². The van der Waals surface area contributed by atoms with Crippen LogP contribution in [0.25, 0.3) is 0 Å². The molecule has 0 amide bonds. The first-order valence-electron chi connectivity index (χ1n) is 4.38. The number of rotatable bonds is 1. The minimum Gasteiger partial charge on any atom is -0.508 e. The molecule has 1 aromatic carbocycles. The molecule has 0 atom stereocenters. The maximum absolute atomic E-state index is 9.28. The summed E-state index contributed by atoms with van der Waals surface area (Å²) in [6.07, 6.45) is 1.11. The number of benzene rings is 1. The fourth-order valence-electron chi connectivity index (χ4n) is 1.76. The van der Waals surface area contributed by atoms with Crippen molar-refractivity contribution in [3.8, 4) is 5.75 Å². The van der Waals surface area contributed by atoms with Crippen molar-refractivity contribution in [2.24, 2.45) is 0 Å². The van der Waals surface area contributed by atoms with E-state index in [1.165, 1.54) is 11.3 Å². The average molecular weight is 200 g/mol. The summed E-state index contributed by atoms with van der Waals surface area (Å²) in [6.45, 7) is 4.25. The molecule has 2 nitrogen and oxygen atoms in total. The summed E-state index contributed by atoms with van der Waals surface area (Å²) in [5, 5.41) is 9.28. The first-order chi connectivity index (χ1) is 5.81. The second-order valence-corrected chi connectivity index (χ2v) is 3.14. The van der Waals surface area contributed by atoms with E-state index in [2.05, 4.69) is 11.8 Å². The van der Waals surface area contributed by atoms with E-state index in [1.54, 1.807) is 6.07 Å². The van der Waals surface area contributed by atoms with E-state index < -0.39 is 0 Å². The Kier molecular flexibility index (Phi) is 3.04. The number of nitrogens with zero attached hydrogens (tertiary/aromatic N) is 1.